The molecule has 0 aromatic carbocycles. The van der Waals surface area contributed by atoms with Gasteiger partial charge in [-0.1, -0.05) is 13.8 Å². The predicted octanol–water partition coefficient (Wildman–Crippen LogP) is 1.32. The van der Waals surface area contributed by atoms with Crippen LogP contribution in [0.2, 0.25) is 0 Å². The van der Waals surface area contributed by atoms with Gasteiger partial charge in [0.05, 0.1) is 6.42 Å². The van der Waals surface area contributed by atoms with E-state index in [0.717, 1.165) is 6.29 Å². The zero-order valence-corrected chi connectivity index (χ0v) is 6.91. The van der Waals surface area contributed by atoms with Crippen LogP contribution in [0.15, 0.2) is 0 Å². The Labute approximate surface area is 66.4 Å². The third-order valence-corrected chi connectivity index (χ3v) is 1.40. The fourth-order valence-corrected chi connectivity index (χ4v) is 1.02. The summed E-state index contributed by atoms with van der Waals surface area (Å²) < 4.78 is 0. The second kappa shape index (κ2) is 4.88. The average molecular weight is 158 g/mol. The zero-order chi connectivity index (χ0) is 8.85. The molecule has 3 heteroatoms. The van der Waals surface area contributed by atoms with Crippen LogP contribution in [-0.2, 0) is 9.59 Å². The Morgan fingerprint density at radius 2 is 2.09 bits per heavy atom. The summed E-state index contributed by atoms with van der Waals surface area (Å²) in [6.07, 6.45) is 1.35. The van der Waals surface area contributed by atoms with Crippen molar-refractivity contribution in [3.8, 4) is 0 Å². The lowest BCUT2D eigenvalue weighted by Gasteiger charge is -2.08. The van der Waals surface area contributed by atoms with Crippen molar-refractivity contribution < 1.29 is 14.7 Å². The van der Waals surface area contributed by atoms with E-state index in [2.05, 4.69) is 0 Å². The van der Waals surface area contributed by atoms with Crippen molar-refractivity contribution in [2.75, 3.05) is 0 Å². The Morgan fingerprint density at radius 1 is 1.55 bits per heavy atom. The summed E-state index contributed by atoms with van der Waals surface area (Å²) in [5.74, 6) is -0.834. The van der Waals surface area contributed by atoms with E-state index in [1.165, 1.54) is 0 Å². The summed E-state index contributed by atoms with van der Waals surface area (Å²) in [4.78, 5) is 20.5. The molecule has 1 atom stereocenters. The molecule has 0 heterocycles. The van der Waals surface area contributed by atoms with Crippen LogP contribution in [0.1, 0.15) is 26.7 Å². The zero-order valence-electron chi connectivity index (χ0n) is 6.91. The van der Waals surface area contributed by atoms with Crippen molar-refractivity contribution in [2.24, 2.45) is 11.8 Å². The molecule has 0 aliphatic heterocycles. The molecular formula is C8H14O3. The summed E-state index contributed by atoms with van der Waals surface area (Å²) in [6, 6.07) is 0. The van der Waals surface area contributed by atoms with Gasteiger partial charge in [0.25, 0.3) is 0 Å². The van der Waals surface area contributed by atoms with Crippen molar-refractivity contribution in [3.05, 3.63) is 0 Å². The first-order valence-electron chi connectivity index (χ1n) is 3.73. The van der Waals surface area contributed by atoms with Gasteiger partial charge in [0, 0.05) is 5.92 Å². The Bertz CT molecular complexity index is 140. The van der Waals surface area contributed by atoms with E-state index in [4.69, 9.17) is 5.11 Å². The molecule has 3 nitrogen and oxygen atoms in total. The van der Waals surface area contributed by atoms with Crippen LogP contribution in [0.5, 0.6) is 0 Å². The van der Waals surface area contributed by atoms with Gasteiger partial charge >= 0.3 is 5.97 Å². The highest BCUT2D eigenvalue weighted by atomic mass is 16.4. The molecule has 0 saturated heterocycles. The SMILES string of the molecule is CC(C)CC(C=O)CC(=O)O. The predicted molar refractivity (Wildman–Crippen MR) is 41.3 cm³/mol. The van der Waals surface area contributed by atoms with Gasteiger partial charge in [0.2, 0.25) is 0 Å². The first-order chi connectivity index (χ1) is 5.06. The normalized spacial score (nSPS) is 13.0. The molecule has 1 N–H and O–H groups in total. The maximum absolute atomic E-state index is 10.3. The second-order valence-electron chi connectivity index (χ2n) is 3.12. The maximum Gasteiger partial charge on any atom is 0.304 e. The van der Waals surface area contributed by atoms with Gasteiger partial charge in [-0.15, -0.1) is 0 Å². The Hall–Kier alpha value is -0.860. The van der Waals surface area contributed by atoms with Gasteiger partial charge in [0.15, 0.2) is 0 Å². The minimum Gasteiger partial charge on any atom is -0.481 e. The van der Waals surface area contributed by atoms with Crippen LogP contribution >= 0.6 is 0 Å². The molecule has 1 unspecified atom stereocenters. The Morgan fingerprint density at radius 3 is 2.36 bits per heavy atom. The topological polar surface area (TPSA) is 54.4 Å². The van der Waals surface area contributed by atoms with Crippen LogP contribution in [0, 0.1) is 11.8 Å². The van der Waals surface area contributed by atoms with E-state index in [0.29, 0.717) is 12.3 Å². The van der Waals surface area contributed by atoms with Crippen LogP contribution in [-0.4, -0.2) is 17.4 Å². The first-order valence-corrected chi connectivity index (χ1v) is 3.73. The smallest absolute Gasteiger partial charge is 0.304 e. The van der Waals surface area contributed by atoms with Gasteiger partial charge < -0.3 is 9.90 Å². The lowest BCUT2D eigenvalue weighted by molar-refractivity contribution is -0.139. The highest BCUT2D eigenvalue weighted by Gasteiger charge is 2.13. The molecule has 0 aliphatic rings. The minimum atomic E-state index is -0.900. The molecular weight excluding hydrogens is 144 g/mol. The summed E-state index contributed by atoms with van der Waals surface area (Å²) >= 11 is 0. The third-order valence-electron chi connectivity index (χ3n) is 1.40. The van der Waals surface area contributed by atoms with E-state index in [9.17, 15) is 9.59 Å². The van der Waals surface area contributed by atoms with E-state index in [1.54, 1.807) is 0 Å². The number of carbonyl (C=O) groups is 2. The molecule has 0 saturated carbocycles. The molecule has 0 radical (unpaired) electrons. The summed E-state index contributed by atoms with van der Waals surface area (Å²) in [5, 5.41) is 8.37. The molecule has 0 aromatic heterocycles. The number of carboxylic acid groups (broad SMARTS) is 1. The molecule has 64 valence electrons. The van der Waals surface area contributed by atoms with E-state index >= 15 is 0 Å². The Balaban J connectivity index is 3.76. The lowest BCUT2D eigenvalue weighted by atomic mass is 9.96. The summed E-state index contributed by atoms with van der Waals surface area (Å²) in [7, 11) is 0. The van der Waals surface area contributed by atoms with Gasteiger partial charge in [-0.3, -0.25) is 4.79 Å². The van der Waals surface area contributed by atoms with Gasteiger partial charge in [0.1, 0.15) is 6.29 Å². The summed E-state index contributed by atoms with van der Waals surface area (Å²) in [6.45, 7) is 3.94. The monoisotopic (exact) mass is 158 g/mol. The van der Waals surface area contributed by atoms with E-state index in [-0.39, 0.29) is 12.3 Å². The van der Waals surface area contributed by atoms with E-state index < -0.39 is 5.97 Å². The van der Waals surface area contributed by atoms with Crippen molar-refractivity contribution in [3.63, 3.8) is 0 Å². The number of carboxylic acids is 1. The third kappa shape index (κ3) is 5.58. The van der Waals surface area contributed by atoms with Gasteiger partial charge in [-0.05, 0) is 12.3 Å². The molecule has 0 spiro atoms. The minimum absolute atomic E-state index is 0.0400. The fourth-order valence-electron chi connectivity index (χ4n) is 1.02. The number of hydrogen-bond donors (Lipinski definition) is 1. The quantitative estimate of drug-likeness (QED) is 0.614. The maximum atomic E-state index is 10.3. The fraction of sp³-hybridized carbons (Fsp3) is 0.750. The number of rotatable bonds is 5. The molecule has 0 amide bonds. The van der Waals surface area contributed by atoms with Crippen LogP contribution in [0.3, 0.4) is 0 Å². The molecule has 0 rings (SSSR count). The highest BCUT2D eigenvalue weighted by Crippen LogP contribution is 2.12. The molecule has 0 fully saturated rings. The Kier molecular flexibility index (Phi) is 4.50. The molecule has 0 bridgehead atoms. The van der Waals surface area contributed by atoms with Gasteiger partial charge in [-0.25, -0.2) is 0 Å². The lowest BCUT2D eigenvalue weighted by Crippen LogP contribution is -2.11. The molecule has 0 aromatic rings. The average Bonchev–Trinajstić information content (AvgIpc) is 1.84. The van der Waals surface area contributed by atoms with Gasteiger partial charge in [-0.2, -0.15) is 0 Å². The number of aldehydes is 1. The van der Waals surface area contributed by atoms with Crippen molar-refractivity contribution in [1.29, 1.82) is 0 Å². The standard InChI is InChI=1S/C8H14O3/c1-6(2)3-7(5-9)4-8(10)11/h5-7H,3-4H2,1-2H3,(H,10,11). The van der Waals surface area contributed by atoms with Crippen LogP contribution in [0.4, 0.5) is 0 Å². The first kappa shape index (κ1) is 10.1. The van der Waals surface area contributed by atoms with Crippen LogP contribution < -0.4 is 0 Å². The van der Waals surface area contributed by atoms with Crippen molar-refractivity contribution in [2.45, 2.75) is 26.7 Å². The molecule has 0 aliphatic carbocycles. The largest absolute Gasteiger partial charge is 0.481 e. The van der Waals surface area contributed by atoms with E-state index in [1.807, 2.05) is 13.8 Å². The van der Waals surface area contributed by atoms with Crippen LogP contribution in [0.25, 0.3) is 0 Å². The highest BCUT2D eigenvalue weighted by molar-refractivity contribution is 5.71. The molecule has 11 heavy (non-hydrogen) atoms. The van der Waals surface area contributed by atoms with Crippen molar-refractivity contribution >= 4 is 12.3 Å². The van der Waals surface area contributed by atoms with Crippen molar-refractivity contribution in [1.82, 2.24) is 0 Å². The number of hydrogen-bond acceptors (Lipinski definition) is 2. The number of aliphatic carboxylic acids is 1. The second-order valence-corrected chi connectivity index (χ2v) is 3.12. The summed E-state index contributed by atoms with van der Waals surface area (Å²) in [5.41, 5.74) is 0. The number of carbonyl (C=O) groups excluding carboxylic acids is 1.